The van der Waals surface area contributed by atoms with Crippen LogP contribution >= 0.6 is 0 Å². The lowest BCUT2D eigenvalue weighted by Crippen LogP contribution is -2.70. The topological polar surface area (TPSA) is 153 Å². The molecular formula is C54H63N3O9. The van der Waals surface area contributed by atoms with E-state index in [-0.39, 0.29) is 62.2 Å². The highest BCUT2D eigenvalue weighted by Crippen LogP contribution is 2.62. The second-order valence-corrected chi connectivity index (χ2v) is 17.6. The Kier molecular flexibility index (Phi) is 16.3. The number of ether oxygens (including phenoxy) is 3. The Hall–Kier alpha value is -6.08. The number of unbranched alkanes of at least 4 members (excludes halogenated alkanes) is 2. The van der Waals surface area contributed by atoms with E-state index in [9.17, 15) is 25.1 Å². The number of oxime groups is 1. The zero-order chi connectivity index (χ0) is 46.6. The third-order valence-electron chi connectivity index (χ3n) is 13.3. The van der Waals surface area contributed by atoms with Crippen LogP contribution in [0.5, 0.6) is 17.2 Å². The van der Waals surface area contributed by atoms with Crippen LogP contribution in [-0.2, 0) is 21.0 Å². The largest absolute Gasteiger partial charge is 0.459 e. The zero-order valence-corrected chi connectivity index (χ0v) is 38.3. The second-order valence-electron chi connectivity index (χ2n) is 17.6. The van der Waals surface area contributed by atoms with Crippen LogP contribution in [-0.4, -0.2) is 69.8 Å². The average molecular weight is 898 g/mol. The van der Waals surface area contributed by atoms with Gasteiger partial charge in [0.2, 0.25) is 11.7 Å². The number of aliphatic hydroxyl groups is 2. The third-order valence-corrected chi connectivity index (χ3v) is 13.3. The molecule has 12 nitrogen and oxygen atoms in total. The molecule has 1 saturated carbocycles. The van der Waals surface area contributed by atoms with E-state index in [1.54, 1.807) is 24.3 Å². The van der Waals surface area contributed by atoms with Crippen LogP contribution in [0.3, 0.4) is 0 Å². The molecule has 6 atom stereocenters. The van der Waals surface area contributed by atoms with Gasteiger partial charge in [0.15, 0.2) is 0 Å². The van der Waals surface area contributed by atoms with E-state index >= 15 is 0 Å². The Labute approximate surface area is 388 Å². The van der Waals surface area contributed by atoms with Gasteiger partial charge in [0.1, 0.15) is 29.9 Å². The minimum atomic E-state index is -1.43. The van der Waals surface area contributed by atoms with Crippen LogP contribution in [0.15, 0.2) is 127 Å². The number of carbonyl (C=O) groups excluding carboxylic acids is 1. The van der Waals surface area contributed by atoms with Gasteiger partial charge in [-0.3, -0.25) is 14.9 Å². The number of aliphatic hydroxyl groups excluding tert-OH is 2. The molecule has 12 heteroatoms. The summed E-state index contributed by atoms with van der Waals surface area (Å²) in [6, 6.07) is 27.2. The van der Waals surface area contributed by atoms with Gasteiger partial charge in [-0.05, 0) is 134 Å². The molecule has 0 spiro atoms. The van der Waals surface area contributed by atoms with Crippen molar-refractivity contribution in [3.63, 3.8) is 0 Å². The number of fused-ring (bicyclic) bond motifs is 2. The number of hydrogen-bond acceptors (Lipinski definition) is 10. The van der Waals surface area contributed by atoms with Crippen molar-refractivity contribution in [1.82, 2.24) is 4.90 Å². The molecule has 348 valence electrons. The van der Waals surface area contributed by atoms with E-state index < -0.39 is 22.7 Å². The van der Waals surface area contributed by atoms with E-state index in [0.717, 1.165) is 53.7 Å². The minimum absolute atomic E-state index is 0.0363. The number of allylic oxidation sites excluding steroid dienone is 1. The van der Waals surface area contributed by atoms with Crippen molar-refractivity contribution in [3.8, 4) is 17.2 Å². The maximum Gasteiger partial charge on any atom is 0.269 e. The summed E-state index contributed by atoms with van der Waals surface area (Å²) in [4.78, 5) is 33.8. The number of nitro groups is 1. The van der Waals surface area contributed by atoms with Crippen molar-refractivity contribution in [2.75, 3.05) is 26.4 Å². The van der Waals surface area contributed by atoms with Crippen LogP contribution in [0.1, 0.15) is 92.0 Å². The molecule has 0 saturated heterocycles. The zero-order valence-electron chi connectivity index (χ0n) is 38.3. The third kappa shape index (κ3) is 10.8. The van der Waals surface area contributed by atoms with Gasteiger partial charge in [0, 0.05) is 55.9 Å². The Morgan fingerprint density at radius 1 is 0.955 bits per heavy atom. The number of hydrogen-bond donors (Lipinski definition) is 2. The van der Waals surface area contributed by atoms with Crippen LogP contribution in [0.2, 0.25) is 0 Å². The Balaban J connectivity index is 1.42. The molecule has 1 fully saturated rings. The Morgan fingerprint density at radius 2 is 1.68 bits per heavy atom. The van der Waals surface area contributed by atoms with Crippen LogP contribution < -0.4 is 9.47 Å². The maximum absolute atomic E-state index is 14.8. The van der Waals surface area contributed by atoms with Crippen LogP contribution in [0.25, 0.3) is 6.08 Å². The number of amides is 1. The number of nitro benzene ring substituents is 1. The van der Waals surface area contributed by atoms with E-state index in [1.807, 2.05) is 66.4 Å². The van der Waals surface area contributed by atoms with Crippen molar-refractivity contribution in [2.45, 2.75) is 96.5 Å². The number of benzene rings is 4. The number of non-ortho nitro benzene ring substituents is 1. The normalized spacial score (nSPS) is 22.5. The first-order valence-corrected chi connectivity index (χ1v) is 23.3. The summed E-state index contributed by atoms with van der Waals surface area (Å²) in [7, 11) is 0. The number of aryl methyl sites for hydroxylation is 2. The molecule has 0 bridgehead atoms. The summed E-state index contributed by atoms with van der Waals surface area (Å²) >= 11 is 0. The summed E-state index contributed by atoms with van der Waals surface area (Å²) in [6.45, 7) is 11.1. The van der Waals surface area contributed by atoms with Crippen molar-refractivity contribution in [1.29, 1.82) is 0 Å². The molecule has 1 heterocycles. The van der Waals surface area contributed by atoms with Crippen LogP contribution in [0, 0.1) is 41.7 Å². The van der Waals surface area contributed by atoms with Gasteiger partial charge >= 0.3 is 0 Å². The molecule has 7 rings (SSSR count). The van der Waals surface area contributed by atoms with Crippen molar-refractivity contribution < 1.29 is 39.0 Å². The Morgan fingerprint density at radius 3 is 2.38 bits per heavy atom. The number of rotatable bonds is 22. The van der Waals surface area contributed by atoms with Crippen LogP contribution in [0.4, 0.5) is 5.69 Å². The number of nitrogens with zero attached hydrogens (tertiary/aromatic N) is 3. The quantitative estimate of drug-likeness (QED) is 0.0258. The SMILES string of the molecule is C=CCOC12Oc3ccc(Oc4ccc(C)c(C)c4)cc3C3C(CCCCO)C(CCCCO)C=C(C(=NOCc4ccccc4)CC1N(CCC)C(=O)C=Cc1ccc([N+](=O)[O-])cc1)C32. The van der Waals surface area contributed by atoms with E-state index in [4.69, 9.17) is 24.2 Å². The van der Waals surface area contributed by atoms with E-state index in [2.05, 4.69) is 38.6 Å². The van der Waals surface area contributed by atoms with Crippen molar-refractivity contribution >= 4 is 23.4 Å². The predicted molar refractivity (Wildman–Crippen MR) is 256 cm³/mol. The minimum Gasteiger partial charge on any atom is -0.459 e. The molecular weight excluding hydrogens is 835 g/mol. The van der Waals surface area contributed by atoms with Gasteiger partial charge in [-0.1, -0.05) is 73.5 Å². The first kappa shape index (κ1) is 47.9. The summed E-state index contributed by atoms with van der Waals surface area (Å²) in [5, 5.41) is 36.3. The predicted octanol–water partition coefficient (Wildman–Crippen LogP) is 10.8. The lowest BCUT2D eigenvalue weighted by molar-refractivity contribution is -0.384. The fourth-order valence-corrected chi connectivity index (χ4v) is 10.0. The molecule has 1 aliphatic heterocycles. The fourth-order valence-electron chi connectivity index (χ4n) is 10.0. The lowest BCUT2D eigenvalue weighted by atomic mass is 9.55. The lowest BCUT2D eigenvalue weighted by Gasteiger charge is -2.60. The molecule has 4 aromatic rings. The summed E-state index contributed by atoms with van der Waals surface area (Å²) in [6.07, 6.45) is 12.6. The number of carbonyl (C=O) groups is 1. The molecule has 0 radical (unpaired) electrons. The van der Waals surface area contributed by atoms with Gasteiger partial charge in [-0.15, -0.1) is 6.58 Å². The van der Waals surface area contributed by atoms with Crippen molar-refractivity contribution in [3.05, 3.63) is 159 Å². The fraction of sp³-hybridized carbons (Fsp3) is 0.407. The molecule has 1 amide bonds. The van der Waals surface area contributed by atoms with Gasteiger partial charge in [0.05, 0.1) is 23.2 Å². The summed E-state index contributed by atoms with van der Waals surface area (Å²) in [5.41, 5.74) is 6.46. The van der Waals surface area contributed by atoms with E-state index in [1.165, 1.54) is 23.8 Å². The molecule has 2 aliphatic carbocycles. The highest BCUT2D eigenvalue weighted by Gasteiger charge is 2.65. The van der Waals surface area contributed by atoms with Gasteiger partial charge < -0.3 is 34.2 Å². The smallest absolute Gasteiger partial charge is 0.269 e. The maximum atomic E-state index is 14.8. The molecule has 66 heavy (non-hydrogen) atoms. The van der Waals surface area contributed by atoms with Gasteiger partial charge in [0.25, 0.3) is 5.69 Å². The first-order chi connectivity index (χ1) is 32.1. The standard InChI is InChI=1S/C54H63N3O9/c1-5-28-56(51(60)27-21-39-19-22-42(23-20-39)57(61)62)50-35-48(55-64-36-40-14-8-7-9-15-40)46-33-41(16-10-12-29-58)45(17-11-13-30-59)52-47-34-44(65-43-24-18-37(3)38(4)32-43)25-26-49(47)66-54(50,53(46)52)63-31-6-2/h6-9,14-15,18-27,32-34,41,45,50,52-53,58-59H,2,5,10-13,16-17,28-31,35-36H2,1,3-4H3. The molecule has 6 unspecified atom stereocenters. The molecule has 0 aromatic heterocycles. The Bertz CT molecular complexity index is 2400. The molecule has 2 N–H and O–H groups in total. The monoisotopic (exact) mass is 897 g/mol. The molecule has 4 aromatic carbocycles. The highest BCUT2D eigenvalue weighted by atomic mass is 16.7. The van der Waals surface area contributed by atoms with Crippen molar-refractivity contribution in [2.24, 2.45) is 22.9 Å². The molecule has 3 aliphatic rings. The average Bonchev–Trinajstić information content (AvgIpc) is 3.32. The van der Waals surface area contributed by atoms with Gasteiger partial charge in [-0.2, -0.15) is 0 Å². The first-order valence-electron chi connectivity index (χ1n) is 23.3. The summed E-state index contributed by atoms with van der Waals surface area (Å²) in [5.74, 6) is -0.300. The summed E-state index contributed by atoms with van der Waals surface area (Å²) < 4.78 is 21.1. The van der Waals surface area contributed by atoms with E-state index in [0.29, 0.717) is 48.6 Å². The highest BCUT2D eigenvalue weighted by molar-refractivity contribution is 6.03. The van der Waals surface area contributed by atoms with Gasteiger partial charge in [-0.25, -0.2) is 0 Å². The second kappa shape index (κ2) is 22.4.